The molecule has 0 amide bonds. The lowest BCUT2D eigenvalue weighted by Gasteiger charge is -2.48. The van der Waals surface area contributed by atoms with Gasteiger partial charge in [-0.3, -0.25) is 15.7 Å². The number of hydrogen-bond donors (Lipinski definition) is 4. The van der Waals surface area contributed by atoms with E-state index in [1.807, 2.05) is 0 Å². The van der Waals surface area contributed by atoms with Gasteiger partial charge in [0.1, 0.15) is 5.83 Å². The number of piperidine rings is 1. The van der Waals surface area contributed by atoms with Crippen LogP contribution in [0.25, 0.3) is 5.57 Å². The Morgan fingerprint density at radius 1 is 1.23 bits per heavy atom. The standard InChI is InChI=1S/C23H27FN6/c1-15(20-6-9-28-29-20)18-14-27-23(26,13-19(18)24)30-10-7-22(8-11-30)12-16-4-2-3-5-17(16)21(22)25/h2-6,9,13-14,21,27H,1,7-8,10-12,25-26H2,(H,28,29)/t21?,23-/m0/s1. The molecule has 0 radical (unpaired) electrons. The minimum absolute atomic E-state index is 0.0415. The average molecular weight is 407 g/mol. The molecule has 3 heterocycles. The smallest absolute Gasteiger partial charge is 0.166 e. The molecule has 30 heavy (non-hydrogen) atoms. The number of nitrogens with zero attached hydrogens (tertiary/aromatic N) is 2. The molecule has 0 bridgehead atoms. The molecule has 156 valence electrons. The van der Waals surface area contributed by atoms with Gasteiger partial charge >= 0.3 is 0 Å². The van der Waals surface area contributed by atoms with E-state index < -0.39 is 11.6 Å². The number of allylic oxidation sites excluding steroid dienone is 3. The zero-order valence-electron chi connectivity index (χ0n) is 16.9. The number of benzene rings is 1. The number of nitrogens with two attached hydrogens (primary N) is 2. The minimum atomic E-state index is -1.07. The van der Waals surface area contributed by atoms with E-state index in [0.29, 0.717) is 16.8 Å². The predicted octanol–water partition coefficient (Wildman–Crippen LogP) is 2.71. The van der Waals surface area contributed by atoms with Crippen molar-refractivity contribution < 1.29 is 4.39 Å². The summed E-state index contributed by atoms with van der Waals surface area (Å²) in [7, 11) is 0. The van der Waals surface area contributed by atoms with Crippen LogP contribution in [0.3, 0.4) is 0 Å². The maximum absolute atomic E-state index is 15.0. The van der Waals surface area contributed by atoms with Crippen molar-refractivity contribution in [3.63, 3.8) is 0 Å². The number of halogens is 1. The summed E-state index contributed by atoms with van der Waals surface area (Å²) in [4.78, 5) is 2.10. The van der Waals surface area contributed by atoms with Crippen molar-refractivity contribution in [2.45, 2.75) is 31.1 Å². The number of aromatic amines is 1. The van der Waals surface area contributed by atoms with Gasteiger partial charge < -0.3 is 11.1 Å². The largest absolute Gasteiger partial charge is 0.357 e. The van der Waals surface area contributed by atoms with Crippen LogP contribution < -0.4 is 16.8 Å². The number of aromatic nitrogens is 2. The Morgan fingerprint density at radius 2 is 2.00 bits per heavy atom. The van der Waals surface area contributed by atoms with E-state index in [-0.39, 0.29) is 11.5 Å². The van der Waals surface area contributed by atoms with Gasteiger partial charge in [0.15, 0.2) is 5.79 Å². The fourth-order valence-corrected chi connectivity index (χ4v) is 5.18. The molecule has 1 fully saturated rings. The fraction of sp³-hybridized carbons (Fsp3) is 0.348. The highest BCUT2D eigenvalue weighted by molar-refractivity contribution is 5.79. The molecule has 1 spiro atoms. The van der Waals surface area contributed by atoms with Gasteiger partial charge in [-0.25, -0.2) is 4.39 Å². The molecule has 2 atom stereocenters. The molecule has 1 aliphatic carbocycles. The summed E-state index contributed by atoms with van der Waals surface area (Å²) in [6.45, 7) is 5.46. The van der Waals surface area contributed by atoms with Crippen LogP contribution in [-0.2, 0) is 6.42 Å². The summed E-state index contributed by atoms with van der Waals surface area (Å²) in [5.74, 6) is -1.47. The number of likely N-dealkylation sites (tertiary alicyclic amines) is 1. The maximum Gasteiger partial charge on any atom is 0.166 e. The second-order valence-corrected chi connectivity index (χ2v) is 8.66. The van der Waals surface area contributed by atoms with Crippen LogP contribution in [0.1, 0.15) is 35.7 Å². The Kier molecular flexibility index (Phi) is 4.43. The molecule has 1 aromatic heterocycles. The molecule has 7 heteroatoms. The van der Waals surface area contributed by atoms with Gasteiger partial charge in [-0.15, -0.1) is 0 Å². The van der Waals surface area contributed by atoms with E-state index in [1.54, 1.807) is 18.5 Å². The van der Waals surface area contributed by atoms with Gasteiger partial charge in [-0.1, -0.05) is 30.8 Å². The molecule has 6 N–H and O–H groups in total. The highest BCUT2D eigenvalue weighted by Crippen LogP contribution is 2.51. The molecule has 0 saturated carbocycles. The predicted molar refractivity (Wildman–Crippen MR) is 115 cm³/mol. The summed E-state index contributed by atoms with van der Waals surface area (Å²) in [5.41, 5.74) is 17.4. The Bertz CT molecular complexity index is 1030. The van der Waals surface area contributed by atoms with Gasteiger partial charge in [0.2, 0.25) is 0 Å². The van der Waals surface area contributed by atoms with Crippen LogP contribution in [0.4, 0.5) is 4.39 Å². The zero-order valence-corrected chi connectivity index (χ0v) is 16.9. The fourth-order valence-electron chi connectivity index (χ4n) is 5.18. The molecular formula is C23H27FN6. The van der Waals surface area contributed by atoms with E-state index in [2.05, 4.69) is 51.3 Å². The Hall–Kier alpha value is -2.74. The first-order chi connectivity index (χ1) is 14.4. The summed E-state index contributed by atoms with van der Waals surface area (Å²) >= 11 is 0. The van der Waals surface area contributed by atoms with E-state index >= 15 is 4.39 Å². The van der Waals surface area contributed by atoms with Gasteiger partial charge in [-0.05, 0) is 41.9 Å². The van der Waals surface area contributed by atoms with E-state index in [9.17, 15) is 0 Å². The lowest BCUT2D eigenvalue weighted by Crippen LogP contribution is -2.66. The van der Waals surface area contributed by atoms with Gasteiger partial charge in [0.05, 0.1) is 5.69 Å². The Morgan fingerprint density at radius 3 is 2.67 bits per heavy atom. The van der Waals surface area contributed by atoms with Crippen molar-refractivity contribution >= 4 is 5.57 Å². The highest BCUT2D eigenvalue weighted by Gasteiger charge is 2.48. The number of H-pyrrole nitrogens is 1. The number of fused-ring (bicyclic) bond motifs is 1. The molecule has 1 unspecified atom stereocenters. The van der Waals surface area contributed by atoms with Crippen LogP contribution in [-0.4, -0.2) is 34.0 Å². The normalized spacial score (nSPS) is 27.9. The highest BCUT2D eigenvalue weighted by atomic mass is 19.1. The molecule has 6 nitrogen and oxygen atoms in total. The van der Waals surface area contributed by atoms with Crippen LogP contribution in [0, 0.1) is 5.41 Å². The summed E-state index contributed by atoms with van der Waals surface area (Å²) < 4.78 is 15.0. The number of rotatable bonds is 3. The first-order valence-corrected chi connectivity index (χ1v) is 10.4. The van der Waals surface area contributed by atoms with Crippen molar-refractivity contribution in [1.29, 1.82) is 0 Å². The van der Waals surface area contributed by atoms with Crippen molar-refractivity contribution in [2.75, 3.05) is 13.1 Å². The second-order valence-electron chi connectivity index (χ2n) is 8.66. The molecule has 5 rings (SSSR count). The van der Waals surface area contributed by atoms with E-state index in [4.69, 9.17) is 11.5 Å². The topological polar surface area (TPSA) is 96.0 Å². The molecule has 3 aliphatic rings. The lowest BCUT2D eigenvalue weighted by molar-refractivity contribution is 0.0230. The Balaban J connectivity index is 1.30. The monoisotopic (exact) mass is 406 g/mol. The molecule has 2 aliphatic heterocycles. The van der Waals surface area contributed by atoms with Crippen LogP contribution >= 0.6 is 0 Å². The van der Waals surface area contributed by atoms with Crippen LogP contribution in [0.2, 0.25) is 0 Å². The second kappa shape index (κ2) is 6.91. The molecule has 1 aromatic carbocycles. The first-order valence-electron chi connectivity index (χ1n) is 10.4. The number of hydrogen-bond acceptors (Lipinski definition) is 5. The van der Waals surface area contributed by atoms with Crippen molar-refractivity contribution in [1.82, 2.24) is 20.4 Å². The SMILES string of the molecule is C=C(C1=CN[C@](N)(N2CCC3(CC2)Cc2ccccc2C3N)C=C1F)c1cc[nH]n1. The van der Waals surface area contributed by atoms with Crippen molar-refractivity contribution in [3.05, 3.63) is 83.6 Å². The van der Waals surface area contributed by atoms with Crippen molar-refractivity contribution in [2.24, 2.45) is 16.9 Å². The van der Waals surface area contributed by atoms with Crippen LogP contribution in [0.15, 0.2) is 66.8 Å². The first kappa shape index (κ1) is 19.2. The average Bonchev–Trinajstić information content (AvgIpc) is 3.36. The third-order valence-corrected chi connectivity index (χ3v) is 7.06. The maximum atomic E-state index is 15.0. The Labute approximate surface area is 175 Å². The van der Waals surface area contributed by atoms with E-state index in [1.165, 1.54) is 17.2 Å². The third-order valence-electron chi connectivity index (χ3n) is 7.06. The van der Waals surface area contributed by atoms with Crippen molar-refractivity contribution in [3.8, 4) is 0 Å². The number of dihydropyridines is 1. The lowest BCUT2D eigenvalue weighted by atomic mass is 9.73. The summed E-state index contributed by atoms with van der Waals surface area (Å²) in [6.07, 6.45) is 7.59. The minimum Gasteiger partial charge on any atom is -0.357 e. The van der Waals surface area contributed by atoms with E-state index in [0.717, 1.165) is 32.4 Å². The number of nitrogens with one attached hydrogen (secondary N) is 2. The summed E-state index contributed by atoms with van der Waals surface area (Å²) in [6, 6.07) is 10.3. The quantitative estimate of drug-likeness (QED) is 0.629. The zero-order chi connectivity index (χ0) is 20.9. The third kappa shape index (κ3) is 2.93. The molecule has 1 saturated heterocycles. The molecule has 2 aromatic rings. The van der Waals surface area contributed by atoms with Gasteiger partial charge in [0.25, 0.3) is 0 Å². The van der Waals surface area contributed by atoms with Gasteiger partial charge in [0, 0.05) is 48.8 Å². The molecular weight excluding hydrogens is 379 g/mol. The van der Waals surface area contributed by atoms with Crippen LogP contribution in [0.5, 0.6) is 0 Å². The summed E-state index contributed by atoms with van der Waals surface area (Å²) in [5, 5.41) is 9.99. The van der Waals surface area contributed by atoms with Gasteiger partial charge in [-0.2, -0.15) is 5.10 Å².